The Hall–Kier alpha value is -3.01. The molecule has 1 aliphatic rings. The third-order valence-electron chi connectivity index (χ3n) is 6.86. The van der Waals surface area contributed by atoms with Gasteiger partial charge in [0.2, 0.25) is 0 Å². The van der Waals surface area contributed by atoms with Crippen molar-refractivity contribution in [1.82, 2.24) is 9.47 Å². The van der Waals surface area contributed by atoms with Gasteiger partial charge in [-0.15, -0.1) is 0 Å². The monoisotopic (exact) mass is 429 g/mol. The van der Waals surface area contributed by atoms with Gasteiger partial charge in [0, 0.05) is 36.3 Å². The molecule has 2 aromatic carbocycles. The van der Waals surface area contributed by atoms with Crippen molar-refractivity contribution in [1.29, 1.82) is 0 Å². The average molecular weight is 430 g/mol. The van der Waals surface area contributed by atoms with Gasteiger partial charge in [-0.1, -0.05) is 52.0 Å². The molecule has 0 unspecified atom stereocenters. The Morgan fingerprint density at radius 2 is 1.53 bits per heavy atom. The molecule has 0 bridgehead atoms. The second kappa shape index (κ2) is 8.50. The van der Waals surface area contributed by atoms with Gasteiger partial charge in [0.1, 0.15) is 24.2 Å². The number of rotatable bonds is 5. The normalized spacial score (nSPS) is 16.1. The molecule has 0 amide bonds. The van der Waals surface area contributed by atoms with E-state index in [1.807, 2.05) is 0 Å². The second-order valence-electron chi connectivity index (χ2n) is 9.65. The third-order valence-corrected chi connectivity index (χ3v) is 6.86. The minimum atomic E-state index is 0.304. The molecule has 32 heavy (non-hydrogen) atoms. The van der Waals surface area contributed by atoms with Gasteiger partial charge < -0.3 is 9.80 Å². The van der Waals surface area contributed by atoms with Crippen LogP contribution in [0.5, 0.6) is 0 Å². The van der Waals surface area contributed by atoms with Gasteiger partial charge in [-0.2, -0.15) is 4.57 Å². The van der Waals surface area contributed by atoms with Crippen LogP contribution in [0.3, 0.4) is 0 Å². The molecule has 4 rings (SSSR count). The Kier molecular flexibility index (Phi) is 5.89. The van der Waals surface area contributed by atoms with Crippen LogP contribution in [0.25, 0.3) is 17.1 Å². The van der Waals surface area contributed by atoms with Crippen LogP contribution in [0.15, 0.2) is 61.2 Å². The van der Waals surface area contributed by atoms with E-state index in [-0.39, 0.29) is 0 Å². The molecule has 168 valence electrons. The lowest BCUT2D eigenvalue weighted by Gasteiger charge is -2.28. The average Bonchev–Trinajstić information content (AvgIpc) is 3.30. The fraction of sp³-hybridized carbons (Fsp3) is 0.393. The molecule has 4 heteroatoms. The van der Waals surface area contributed by atoms with Crippen molar-refractivity contribution in [3.63, 3.8) is 0 Å². The highest BCUT2D eigenvalue weighted by atomic mass is 15.4. The van der Waals surface area contributed by atoms with E-state index < -0.39 is 0 Å². The van der Waals surface area contributed by atoms with Gasteiger partial charge in [0.15, 0.2) is 0 Å². The zero-order chi connectivity index (χ0) is 23.2. The Balaban J connectivity index is 1.94. The Morgan fingerprint density at radius 3 is 2.09 bits per heavy atom. The van der Waals surface area contributed by atoms with Gasteiger partial charge in [0.25, 0.3) is 5.82 Å². The van der Waals surface area contributed by atoms with Crippen LogP contribution in [0, 0.1) is 6.92 Å². The van der Waals surface area contributed by atoms with E-state index >= 15 is 0 Å². The molecule has 0 spiro atoms. The van der Waals surface area contributed by atoms with E-state index in [4.69, 9.17) is 0 Å². The smallest absolute Gasteiger partial charge is 0.294 e. The van der Waals surface area contributed by atoms with Crippen molar-refractivity contribution in [2.75, 3.05) is 11.9 Å². The summed E-state index contributed by atoms with van der Waals surface area (Å²) in [6.45, 7) is 13.6. The number of imidazole rings is 1. The second-order valence-corrected chi connectivity index (χ2v) is 9.65. The van der Waals surface area contributed by atoms with E-state index in [9.17, 15) is 0 Å². The van der Waals surface area contributed by atoms with E-state index in [2.05, 4.69) is 136 Å². The number of benzene rings is 2. The van der Waals surface area contributed by atoms with Crippen molar-refractivity contribution in [3.8, 4) is 17.1 Å². The van der Waals surface area contributed by atoms with Crippen LogP contribution >= 0.6 is 0 Å². The highest BCUT2D eigenvalue weighted by Crippen LogP contribution is 2.36. The van der Waals surface area contributed by atoms with Crippen LogP contribution in [-0.4, -0.2) is 22.7 Å². The van der Waals surface area contributed by atoms with Crippen LogP contribution in [0.4, 0.5) is 5.69 Å². The summed E-state index contributed by atoms with van der Waals surface area (Å²) in [4.78, 5) is 4.59. The number of hydrogen-bond donors (Lipinski definition) is 0. The molecular weight excluding hydrogens is 392 g/mol. The summed E-state index contributed by atoms with van der Waals surface area (Å²) in [5.74, 6) is 2.11. The molecule has 3 aromatic rings. The summed E-state index contributed by atoms with van der Waals surface area (Å²) in [6, 6.07) is 13.4. The summed E-state index contributed by atoms with van der Waals surface area (Å²) in [5.41, 5.74) is 7.92. The van der Waals surface area contributed by atoms with Crippen LogP contribution < -0.4 is 9.47 Å². The van der Waals surface area contributed by atoms with E-state index in [1.165, 1.54) is 39.5 Å². The first kappa shape index (κ1) is 22.2. The first-order valence-corrected chi connectivity index (χ1v) is 11.7. The van der Waals surface area contributed by atoms with Gasteiger partial charge in [-0.3, -0.25) is 0 Å². The molecule has 1 atom stereocenters. The summed E-state index contributed by atoms with van der Waals surface area (Å²) in [6.07, 6.45) is 9.03. The SMILES string of the molecule is Cc1c(-c2n(-c3c(C(C)C)cccc3C(C)C)cc[n+]2C)cccc1N1C=CN(C)[C@@H]1C. The summed E-state index contributed by atoms with van der Waals surface area (Å²) >= 11 is 0. The first-order chi connectivity index (χ1) is 15.2. The number of para-hydroxylation sites is 1. The minimum absolute atomic E-state index is 0.304. The predicted octanol–water partition coefficient (Wildman–Crippen LogP) is 6.09. The number of hydrogen-bond acceptors (Lipinski definition) is 2. The zero-order valence-electron chi connectivity index (χ0n) is 20.8. The Morgan fingerprint density at radius 1 is 0.906 bits per heavy atom. The topological polar surface area (TPSA) is 15.3 Å². The molecule has 0 fully saturated rings. The van der Waals surface area contributed by atoms with Gasteiger partial charge >= 0.3 is 0 Å². The highest BCUT2D eigenvalue weighted by molar-refractivity contribution is 5.72. The largest absolute Gasteiger partial charge is 0.359 e. The van der Waals surface area contributed by atoms with Crippen molar-refractivity contribution in [2.45, 2.75) is 59.5 Å². The molecule has 1 aliphatic heterocycles. The lowest BCUT2D eigenvalue weighted by Crippen LogP contribution is -2.34. The maximum Gasteiger partial charge on any atom is 0.294 e. The number of aromatic nitrogens is 2. The van der Waals surface area contributed by atoms with Crippen molar-refractivity contribution < 1.29 is 4.57 Å². The zero-order valence-corrected chi connectivity index (χ0v) is 20.8. The number of anilines is 1. The van der Waals surface area contributed by atoms with E-state index in [0.29, 0.717) is 18.0 Å². The molecular formula is C28H37N4+. The summed E-state index contributed by atoms with van der Waals surface area (Å²) in [5, 5.41) is 0. The standard InChI is InChI=1S/C28H37N4/c1-19(2)23-11-9-12-24(20(3)4)27(23)32-18-16-30(8)28(32)25-13-10-14-26(21(25)5)31-17-15-29(7)22(31)6/h9-20,22H,1-8H3/q+1/t22-/m0/s1. The van der Waals surface area contributed by atoms with Gasteiger partial charge in [0.05, 0.1) is 12.6 Å². The Bertz CT molecular complexity index is 1130. The maximum atomic E-state index is 2.41. The van der Waals surface area contributed by atoms with E-state index in [0.717, 1.165) is 0 Å². The van der Waals surface area contributed by atoms with Crippen molar-refractivity contribution in [3.05, 3.63) is 77.9 Å². The van der Waals surface area contributed by atoms with Crippen LogP contribution in [0.2, 0.25) is 0 Å². The van der Waals surface area contributed by atoms with Gasteiger partial charge in [-0.25, -0.2) is 4.57 Å². The quantitative estimate of drug-likeness (QED) is 0.456. The molecule has 4 nitrogen and oxygen atoms in total. The molecule has 2 heterocycles. The molecule has 0 N–H and O–H groups in total. The fourth-order valence-electron chi connectivity index (χ4n) is 4.82. The minimum Gasteiger partial charge on any atom is -0.359 e. The van der Waals surface area contributed by atoms with Crippen molar-refractivity contribution in [2.24, 2.45) is 7.05 Å². The van der Waals surface area contributed by atoms with Crippen LogP contribution in [0.1, 0.15) is 63.1 Å². The molecule has 0 saturated carbocycles. The molecule has 1 aromatic heterocycles. The number of nitrogens with zero attached hydrogens (tertiary/aromatic N) is 4. The maximum absolute atomic E-state index is 2.41. The lowest BCUT2D eigenvalue weighted by molar-refractivity contribution is -0.659. The van der Waals surface area contributed by atoms with Gasteiger partial charge in [-0.05, 0) is 43.4 Å². The predicted molar refractivity (Wildman–Crippen MR) is 134 cm³/mol. The highest BCUT2D eigenvalue weighted by Gasteiger charge is 2.29. The van der Waals surface area contributed by atoms with Crippen molar-refractivity contribution >= 4 is 5.69 Å². The first-order valence-electron chi connectivity index (χ1n) is 11.7. The summed E-state index contributed by atoms with van der Waals surface area (Å²) < 4.78 is 4.66. The number of aryl methyl sites for hydroxylation is 1. The Labute approximate surface area is 193 Å². The molecule has 0 aliphatic carbocycles. The fourth-order valence-corrected chi connectivity index (χ4v) is 4.82. The molecule has 0 radical (unpaired) electrons. The van der Waals surface area contributed by atoms with Crippen LogP contribution in [-0.2, 0) is 7.05 Å². The third kappa shape index (κ3) is 3.62. The molecule has 0 saturated heterocycles. The lowest BCUT2D eigenvalue weighted by atomic mass is 9.92. The summed E-state index contributed by atoms with van der Waals surface area (Å²) in [7, 11) is 4.28. The van der Waals surface area contributed by atoms with E-state index in [1.54, 1.807) is 0 Å².